The molecule has 1 aliphatic carbocycles. The van der Waals surface area contributed by atoms with Crippen LogP contribution in [-0.4, -0.2) is 75.9 Å². The standard InChI is InChI=1S/C22H29NO3.C18H21NO3.C2H4.ClH/c1-15-4-3-5-18-20(24)12-17-13-21(26-14-19(17)22(15)18)16-6-8-23(9-7-16)10-11-25-2;1-11-3-2-4-13-17(11)14-10-21-15(9-16(14)22-18(13)20)12-5-7-19-8-6-12;1-2;/h3-5,16,21H,6-14H2,1-2H3;2-4,12,15,19H,5-10H2,1H3;1-2H2;1H. The summed E-state index contributed by atoms with van der Waals surface area (Å²) in [7, 11) is 1.76. The van der Waals surface area contributed by atoms with Gasteiger partial charge in [0.15, 0.2) is 5.78 Å². The van der Waals surface area contributed by atoms with Crippen LogP contribution in [0.2, 0.25) is 0 Å². The number of piperidine rings is 2. The molecular formula is C42H55ClN2O6. The topological polar surface area (TPSA) is 90.2 Å². The number of nitrogens with one attached hydrogen (secondary N) is 1. The number of benzene rings is 2. The number of ketones is 1. The van der Waals surface area contributed by atoms with E-state index in [0.717, 1.165) is 98.4 Å². The van der Waals surface area contributed by atoms with Gasteiger partial charge < -0.3 is 28.8 Å². The minimum atomic E-state index is -0.219. The summed E-state index contributed by atoms with van der Waals surface area (Å²) in [6.07, 6.45) is 7.32. The highest BCUT2D eigenvalue weighted by molar-refractivity contribution is 6.06. The third kappa shape index (κ3) is 8.59. The van der Waals surface area contributed by atoms with Crippen LogP contribution in [0.25, 0.3) is 16.3 Å². The van der Waals surface area contributed by atoms with E-state index < -0.39 is 0 Å². The molecule has 51 heavy (non-hydrogen) atoms. The zero-order valence-corrected chi connectivity index (χ0v) is 31.4. The number of ether oxygens (including phenoxy) is 3. The van der Waals surface area contributed by atoms with Crippen molar-refractivity contribution in [2.24, 2.45) is 11.8 Å². The average Bonchev–Trinajstić information content (AvgIpc) is 3.15. The van der Waals surface area contributed by atoms with Crippen molar-refractivity contribution in [1.82, 2.24) is 10.2 Å². The molecule has 3 aromatic rings. The van der Waals surface area contributed by atoms with E-state index in [2.05, 4.69) is 36.4 Å². The summed E-state index contributed by atoms with van der Waals surface area (Å²) in [5.74, 6) is 2.28. The molecule has 0 saturated carbocycles. The molecule has 4 aliphatic heterocycles. The van der Waals surface area contributed by atoms with Gasteiger partial charge in [-0.2, -0.15) is 0 Å². The minimum absolute atomic E-state index is 0. The highest BCUT2D eigenvalue weighted by Crippen LogP contribution is 2.41. The SMILES string of the molecule is C=C.COCCN1CCC(C2CC3=C(CO2)c2c(C)cccc2C(=O)C3)CC1.Cc1cccc2c(=O)oc3c(c12)COC(C1CCNCC1)C3.Cl. The number of hydrogen-bond donors (Lipinski definition) is 1. The molecule has 2 atom stereocenters. The molecule has 5 aliphatic rings. The Morgan fingerprint density at radius 1 is 0.882 bits per heavy atom. The normalized spacial score (nSPS) is 22.4. The maximum atomic E-state index is 12.6. The van der Waals surface area contributed by atoms with E-state index >= 15 is 0 Å². The van der Waals surface area contributed by atoms with Crippen LogP contribution in [-0.2, 0) is 27.2 Å². The van der Waals surface area contributed by atoms with Crippen LogP contribution in [0.1, 0.15) is 76.9 Å². The van der Waals surface area contributed by atoms with Gasteiger partial charge in [-0.05, 0) is 112 Å². The lowest BCUT2D eigenvalue weighted by molar-refractivity contribution is -0.0237. The van der Waals surface area contributed by atoms with Crippen molar-refractivity contribution in [3.63, 3.8) is 0 Å². The van der Waals surface area contributed by atoms with Gasteiger partial charge >= 0.3 is 5.63 Å². The average molecular weight is 719 g/mol. The number of likely N-dealkylation sites (tertiary alicyclic amines) is 1. The van der Waals surface area contributed by atoms with Gasteiger partial charge in [-0.15, -0.1) is 25.6 Å². The summed E-state index contributed by atoms with van der Waals surface area (Å²) in [6, 6.07) is 11.8. The first-order valence-corrected chi connectivity index (χ1v) is 18.4. The number of hydrogen-bond acceptors (Lipinski definition) is 8. The zero-order valence-electron chi connectivity index (χ0n) is 30.6. The molecule has 2 aromatic carbocycles. The number of rotatable bonds is 5. The maximum absolute atomic E-state index is 12.6. The molecule has 9 heteroatoms. The number of methoxy groups -OCH3 is 1. The van der Waals surface area contributed by atoms with Gasteiger partial charge in [0.05, 0.1) is 37.4 Å². The monoisotopic (exact) mass is 718 g/mol. The summed E-state index contributed by atoms with van der Waals surface area (Å²) < 4.78 is 23.3. The molecule has 8 nitrogen and oxygen atoms in total. The van der Waals surface area contributed by atoms with E-state index in [-0.39, 0.29) is 36.0 Å². The lowest BCUT2D eigenvalue weighted by Crippen LogP contribution is -2.41. The van der Waals surface area contributed by atoms with Crippen LogP contribution in [0.15, 0.2) is 64.3 Å². The molecule has 276 valence electrons. The van der Waals surface area contributed by atoms with Crippen molar-refractivity contribution in [3.8, 4) is 0 Å². The Balaban J connectivity index is 0.000000187. The van der Waals surface area contributed by atoms with Crippen molar-refractivity contribution in [2.75, 3.05) is 53.0 Å². The van der Waals surface area contributed by atoms with Gasteiger partial charge in [0.1, 0.15) is 5.76 Å². The second-order valence-corrected chi connectivity index (χ2v) is 14.3. The van der Waals surface area contributed by atoms with E-state index in [0.29, 0.717) is 36.9 Å². The molecule has 0 radical (unpaired) electrons. The Morgan fingerprint density at radius 2 is 1.55 bits per heavy atom. The Morgan fingerprint density at radius 3 is 2.29 bits per heavy atom. The number of carbonyl (C=O) groups excluding carboxylic acids is 1. The number of Topliss-reactive ketones (excluding diaryl/α,β-unsaturated/α-hetero) is 1. The first-order chi connectivity index (χ1) is 24.4. The van der Waals surface area contributed by atoms with Crippen molar-refractivity contribution in [1.29, 1.82) is 0 Å². The van der Waals surface area contributed by atoms with E-state index in [1.165, 1.54) is 29.6 Å². The summed E-state index contributed by atoms with van der Waals surface area (Å²) in [4.78, 5) is 27.4. The van der Waals surface area contributed by atoms with Gasteiger partial charge in [-0.3, -0.25) is 4.79 Å². The molecule has 2 saturated heterocycles. The fourth-order valence-electron chi connectivity index (χ4n) is 8.68. The van der Waals surface area contributed by atoms with Crippen LogP contribution in [0.4, 0.5) is 0 Å². The Bertz CT molecular complexity index is 1750. The number of aryl methyl sites for hydroxylation is 2. The molecule has 1 aromatic heterocycles. The van der Waals surface area contributed by atoms with E-state index in [1.807, 2.05) is 37.3 Å². The van der Waals surface area contributed by atoms with Crippen molar-refractivity contribution >= 4 is 34.5 Å². The number of carbonyl (C=O) groups is 1. The van der Waals surface area contributed by atoms with Crippen LogP contribution in [0.5, 0.6) is 0 Å². The van der Waals surface area contributed by atoms with Crippen LogP contribution in [0.3, 0.4) is 0 Å². The highest BCUT2D eigenvalue weighted by atomic mass is 35.5. The Labute approximate surface area is 309 Å². The Hall–Kier alpha value is -3.11. The highest BCUT2D eigenvalue weighted by Gasteiger charge is 2.36. The largest absolute Gasteiger partial charge is 0.427 e. The van der Waals surface area contributed by atoms with Crippen LogP contribution < -0.4 is 10.9 Å². The summed E-state index contributed by atoms with van der Waals surface area (Å²) in [5.41, 5.74) is 7.80. The minimum Gasteiger partial charge on any atom is -0.427 e. The van der Waals surface area contributed by atoms with Gasteiger partial charge in [0.25, 0.3) is 0 Å². The Kier molecular flexibility index (Phi) is 13.9. The van der Waals surface area contributed by atoms with Crippen molar-refractivity contribution < 1.29 is 23.4 Å². The fraction of sp³-hybridized carbons (Fsp3) is 0.524. The molecule has 0 amide bonds. The van der Waals surface area contributed by atoms with E-state index in [4.69, 9.17) is 18.6 Å². The molecule has 1 N–H and O–H groups in total. The molecule has 5 heterocycles. The van der Waals surface area contributed by atoms with Gasteiger partial charge in [0.2, 0.25) is 0 Å². The lowest BCUT2D eigenvalue weighted by Gasteiger charge is -2.39. The van der Waals surface area contributed by atoms with Gasteiger partial charge in [-0.25, -0.2) is 4.79 Å². The van der Waals surface area contributed by atoms with Crippen LogP contribution >= 0.6 is 12.4 Å². The second-order valence-electron chi connectivity index (χ2n) is 14.3. The summed E-state index contributed by atoms with van der Waals surface area (Å²) in [5, 5.41) is 5.08. The second kappa shape index (κ2) is 18.1. The molecule has 0 bridgehead atoms. The predicted molar refractivity (Wildman–Crippen MR) is 206 cm³/mol. The van der Waals surface area contributed by atoms with Crippen molar-refractivity contribution in [2.45, 2.75) is 77.6 Å². The number of halogens is 1. The molecule has 8 rings (SSSR count). The maximum Gasteiger partial charge on any atom is 0.343 e. The van der Waals surface area contributed by atoms with Gasteiger partial charge in [0, 0.05) is 43.0 Å². The zero-order chi connectivity index (χ0) is 35.2. The number of fused-ring (bicyclic) bond motifs is 5. The summed E-state index contributed by atoms with van der Waals surface area (Å²) in [6.45, 7) is 17.5. The molecular weight excluding hydrogens is 664 g/mol. The van der Waals surface area contributed by atoms with Crippen LogP contribution in [0, 0.1) is 25.7 Å². The molecule has 2 unspecified atom stereocenters. The van der Waals surface area contributed by atoms with Gasteiger partial charge in [-0.1, -0.05) is 35.9 Å². The summed E-state index contributed by atoms with van der Waals surface area (Å²) >= 11 is 0. The number of nitrogens with zero attached hydrogens (tertiary/aromatic N) is 1. The lowest BCUT2D eigenvalue weighted by atomic mass is 9.77. The fourth-order valence-corrected chi connectivity index (χ4v) is 8.68. The first-order valence-electron chi connectivity index (χ1n) is 18.4. The molecule has 0 spiro atoms. The quantitative estimate of drug-likeness (QED) is 0.276. The third-order valence-electron chi connectivity index (χ3n) is 11.4. The first kappa shape index (κ1) is 39.1. The third-order valence-corrected chi connectivity index (χ3v) is 11.4. The smallest absolute Gasteiger partial charge is 0.343 e. The molecule has 2 fully saturated rings. The van der Waals surface area contributed by atoms with Crippen molar-refractivity contribution in [3.05, 3.63) is 99.1 Å². The predicted octanol–water partition coefficient (Wildman–Crippen LogP) is 7.25. The van der Waals surface area contributed by atoms with E-state index in [1.54, 1.807) is 7.11 Å². The van der Waals surface area contributed by atoms with E-state index in [9.17, 15) is 9.59 Å².